The lowest BCUT2D eigenvalue weighted by Crippen LogP contribution is -2.18. The van der Waals surface area contributed by atoms with Gasteiger partial charge in [0.2, 0.25) is 0 Å². The first-order valence-electron chi connectivity index (χ1n) is 4.83. The van der Waals surface area contributed by atoms with Crippen LogP contribution in [-0.4, -0.2) is 24.4 Å². The van der Waals surface area contributed by atoms with Gasteiger partial charge < -0.3 is 5.32 Å². The van der Waals surface area contributed by atoms with E-state index in [1.165, 1.54) is 0 Å². The molecule has 15 heavy (non-hydrogen) atoms. The molecule has 0 aliphatic heterocycles. The van der Waals surface area contributed by atoms with Crippen molar-refractivity contribution >= 4 is 16.6 Å². The predicted molar refractivity (Wildman–Crippen MR) is 60.0 cm³/mol. The third-order valence-corrected chi connectivity index (χ3v) is 2.32. The van der Waals surface area contributed by atoms with Crippen LogP contribution in [0.4, 0.5) is 0 Å². The second kappa shape index (κ2) is 4.19. The summed E-state index contributed by atoms with van der Waals surface area (Å²) in [6.07, 6.45) is 3.48. The Balaban J connectivity index is 2.56. The van der Waals surface area contributed by atoms with Crippen molar-refractivity contribution in [2.75, 3.05) is 13.6 Å². The lowest BCUT2D eigenvalue weighted by atomic mass is 10.0. The molecule has 0 unspecified atom stereocenters. The number of fused-ring (bicyclic) bond motifs is 1. The van der Waals surface area contributed by atoms with Crippen LogP contribution in [0.1, 0.15) is 10.4 Å². The predicted octanol–water partition coefficient (Wildman–Crippen LogP) is 1.64. The fourth-order valence-corrected chi connectivity index (χ4v) is 1.62. The number of benzene rings is 1. The van der Waals surface area contributed by atoms with Gasteiger partial charge in [-0.25, -0.2) is 0 Å². The average Bonchev–Trinajstić information content (AvgIpc) is 2.28. The Kier molecular flexibility index (Phi) is 2.74. The lowest BCUT2D eigenvalue weighted by Gasteiger charge is -2.04. The van der Waals surface area contributed by atoms with Gasteiger partial charge in [-0.1, -0.05) is 18.2 Å². The number of ketones is 1. The highest BCUT2D eigenvalue weighted by Gasteiger charge is 2.07. The second-order valence-corrected chi connectivity index (χ2v) is 3.36. The molecule has 76 valence electrons. The Morgan fingerprint density at radius 2 is 2.27 bits per heavy atom. The molecule has 0 atom stereocenters. The summed E-state index contributed by atoms with van der Waals surface area (Å²) in [5.41, 5.74) is 0.754. The van der Waals surface area contributed by atoms with Crippen molar-refractivity contribution in [1.82, 2.24) is 10.3 Å². The molecule has 1 heterocycles. The minimum absolute atomic E-state index is 0.106. The van der Waals surface area contributed by atoms with Gasteiger partial charge in [0.1, 0.15) is 0 Å². The van der Waals surface area contributed by atoms with Gasteiger partial charge in [0.15, 0.2) is 5.78 Å². The van der Waals surface area contributed by atoms with Crippen molar-refractivity contribution in [2.24, 2.45) is 0 Å². The molecule has 3 nitrogen and oxygen atoms in total. The molecule has 2 rings (SSSR count). The normalized spacial score (nSPS) is 10.5. The van der Waals surface area contributed by atoms with Crippen molar-refractivity contribution in [1.29, 1.82) is 0 Å². The molecule has 0 saturated heterocycles. The van der Waals surface area contributed by atoms with Gasteiger partial charge in [-0.05, 0) is 18.5 Å². The SMILES string of the molecule is CNCC(=O)c1cccc2cnccc12. The fourth-order valence-electron chi connectivity index (χ4n) is 1.62. The summed E-state index contributed by atoms with van der Waals surface area (Å²) in [5.74, 6) is 0.106. The number of pyridine rings is 1. The van der Waals surface area contributed by atoms with Crippen molar-refractivity contribution in [3.8, 4) is 0 Å². The maximum atomic E-state index is 11.8. The molecule has 0 saturated carbocycles. The van der Waals surface area contributed by atoms with Crippen LogP contribution in [0, 0.1) is 0 Å². The first-order valence-corrected chi connectivity index (χ1v) is 4.83. The van der Waals surface area contributed by atoms with Gasteiger partial charge in [-0.15, -0.1) is 0 Å². The van der Waals surface area contributed by atoms with E-state index in [4.69, 9.17) is 0 Å². The zero-order chi connectivity index (χ0) is 10.7. The smallest absolute Gasteiger partial charge is 0.177 e. The van der Waals surface area contributed by atoms with Crippen molar-refractivity contribution < 1.29 is 4.79 Å². The molecular weight excluding hydrogens is 188 g/mol. The molecule has 0 spiro atoms. The highest BCUT2D eigenvalue weighted by Crippen LogP contribution is 2.17. The quantitative estimate of drug-likeness (QED) is 0.766. The number of nitrogens with zero attached hydrogens (tertiary/aromatic N) is 1. The maximum Gasteiger partial charge on any atom is 0.177 e. The highest BCUT2D eigenvalue weighted by atomic mass is 16.1. The zero-order valence-corrected chi connectivity index (χ0v) is 8.53. The largest absolute Gasteiger partial charge is 0.313 e. The second-order valence-electron chi connectivity index (χ2n) is 3.36. The van der Waals surface area contributed by atoms with Crippen LogP contribution in [-0.2, 0) is 0 Å². The summed E-state index contributed by atoms with van der Waals surface area (Å²) in [5, 5.41) is 4.83. The number of nitrogens with one attached hydrogen (secondary N) is 1. The van der Waals surface area contributed by atoms with Gasteiger partial charge in [-0.3, -0.25) is 9.78 Å². The molecular formula is C12H12N2O. The summed E-state index contributed by atoms with van der Waals surface area (Å²) >= 11 is 0. The van der Waals surface area contributed by atoms with E-state index in [-0.39, 0.29) is 5.78 Å². The first-order chi connectivity index (χ1) is 7.33. The lowest BCUT2D eigenvalue weighted by molar-refractivity contribution is 0.0995. The molecule has 2 aromatic rings. The Bertz CT molecular complexity index is 488. The summed E-state index contributed by atoms with van der Waals surface area (Å²) in [7, 11) is 1.77. The van der Waals surface area contributed by atoms with Gasteiger partial charge >= 0.3 is 0 Å². The molecule has 3 heteroatoms. The monoisotopic (exact) mass is 200 g/mol. The Morgan fingerprint density at radius 3 is 3.07 bits per heavy atom. The van der Waals surface area contributed by atoms with E-state index in [1.54, 1.807) is 19.4 Å². The molecule has 0 aliphatic carbocycles. The number of carbonyl (C=O) groups is 1. The number of Topliss-reactive ketones (excluding diaryl/α,β-unsaturated/α-hetero) is 1. The third-order valence-electron chi connectivity index (χ3n) is 2.32. The molecule has 0 radical (unpaired) electrons. The average molecular weight is 200 g/mol. The van der Waals surface area contributed by atoms with Gasteiger partial charge in [0.05, 0.1) is 6.54 Å². The molecule has 0 aliphatic rings. The number of hydrogen-bond acceptors (Lipinski definition) is 3. The molecule has 0 amide bonds. The highest BCUT2D eigenvalue weighted by molar-refractivity contribution is 6.08. The molecule has 0 bridgehead atoms. The number of aromatic nitrogens is 1. The van der Waals surface area contributed by atoms with Crippen molar-refractivity contribution in [2.45, 2.75) is 0 Å². The van der Waals surface area contributed by atoms with Crippen LogP contribution in [0.25, 0.3) is 10.8 Å². The van der Waals surface area contributed by atoms with E-state index in [0.29, 0.717) is 6.54 Å². The standard InChI is InChI=1S/C12H12N2O/c1-13-8-12(15)11-4-2-3-9-7-14-6-5-10(9)11/h2-7,13H,8H2,1H3. The number of rotatable bonds is 3. The summed E-state index contributed by atoms with van der Waals surface area (Å²) in [6, 6.07) is 7.56. The van der Waals surface area contributed by atoms with E-state index in [9.17, 15) is 4.79 Å². The Hall–Kier alpha value is -1.74. The summed E-state index contributed by atoms with van der Waals surface area (Å²) in [6.45, 7) is 0.363. The van der Waals surface area contributed by atoms with E-state index < -0.39 is 0 Å². The Labute approximate surface area is 88.1 Å². The third kappa shape index (κ3) is 1.87. The van der Waals surface area contributed by atoms with Crippen LogP contribution >= 0.6 is 0 Å². The fraction of sp³-hybridized carbons (Fsp3) is 0.167. The van der Waals surface area contributed by atoms with Gasteiger partial charge in [0.25, 0.3) is 0 Å². The number of carbonyl (C=O) groups excluding carboxylic acids is 1. The molecule has 0 fully saturated rings. The van der Waals surface area contributed by atoms with Crippen LogP contribution in [0.2, 0.25) is 0 Å². The summed E-state index contributed by atoms with van der Waals surface area (Å²) < 4.78 is 0. The molecule has 1 N–H and O–H groups in total. The van der Waals surface area contributed by atoms with E-state index >= 15 is 0 Å². The van der Waals surface area contributed by atoms with Crippen LogP contribution in [0.15, 0.2) is 36.7 Å². The first kappa shape index (κ1) is 9.80. The minimum atomic E-state index is 0.106. The van der Waals surface area contributed by atoms with Crippen molar-refractivity contribution in [3.63, 3.8) is 0 Å². The molecule has 1 aromatic carbocycles. The van der Waals surface area contributed by atoms with E-state index in [2.05, 4.69) is 10.3 Å². The van der Waals surface area contributed by atoms with E-state index in [1.807, 2.05) is 24.3 Å². The topological polar surface area (TPSA) is 42.0 Å². The number of hydrogen-bond donors (Lipinski definition) is 1. The maximum absolute atomic E-state index is 11.8. The van der Waals surface area contributed by atoms with Crippen LogP contribution < -0.4 is 5.32 Å². The number of likely N-dealkylation sites (N-methyl/N-ethyl adjacent to an activating group) is 1. The zero-order valence-electron chi connectivity index (χ0n) is 8.53. The molecule has 1 aromatic heterocycles. The minimum Gasteiger partial charge on any atom is -0.313 e. The van der Waals surface area contributed by atoms with E-state index in [0.717, 1.165) is 16.3 Å². The van der Waals surface area contributed by atoms with Gasteiger partial charge in [0, 0.05) is 23.3 Å². The van der Waals surface area contributed by atoms with Crippen molar-refractivity contribution in [3.05, 3.63) is 42.2 Å². The van der Waals surface area contributed by atoms with Crippen LogP contribution in [0.5, 0.6) is 0 Å². The van der Waals surface area contributed by atoms with Gasteiger partial charge in [-0.2, -0.15) is 0 Å². The Morgan fingerprint density at radius 1 is 1.40 bits per heavy atom. The summed E-state index contributed by atoms with van der Waals surface area (Å²) in [4.78, 5) is 15.8. The van der Waals surface area contributed by atoms with Crippen LogP contribution in [0.3, 0.4) is 0 Å².